The van der Waals surface area contributed by atoms with Gasteiger partial charge in [0.2, 0.25) is 11.8 Å². The standard InChI is InChI=1S/C18H18N4O2S2/c1-13(26-18-22-21-12-25-18)17(23)20-10-15-7-8-19-16(9-15)24-11-14-5-3-2-4-6-14/h2-9,12-13H,10-11H2,1H3,(H,20,23)/t13-/m0/s1. The fourth-order valence-electron chi connectivity index (χ4n) is 2.12. The van der Waals surface area contributed by atoms with E-state index >= 15 is 0 Å². The van der Waals surface area contributed by atoms with Gasteiger partial charge < -0.3 is 10.1 Å². The average molecular weight is 387 g/mol. The van der Waals surface area contributed by atoms with E-state index in [9.17, 15) is 4.79 Å². The number of nitrogens with one attached hydrogen (secondary N) is 1. The molecule has 3 aromatic rings. The third-order valence-corrected chi connectivity index (χ3v) is 5.39. The van der Waals surface area contributed by atoms with E-state index in [-0.39, 0.29) is 11.2 Å². The van der Waals surface area contributed by atoms with E-state index in [1.165, 1.54) is 23.1 Å². The SMILES string of the molecule is C[C@H](Sc1nncs1)C(=O)NCc1ccnc(OCc2ccccc2)c1. The van der Waals surface area contributed by atoms with Crippen molar-refractivity contribution in [2.45, 2.75) is 29.7 Å². The number of nitrogens with zero attached hydrogens (tertiary/aromatic N) is 3. The first-order valence-electron chi connectivity index (χ1n) is 8.03. The van der Waals surface area contributed by atoms with Gasteiger partial charge in [-0.1, -0.05) is 53.4 Å². The van der Waals surface area contributed by atoms with Gasteiger partial charge in [0, 0.05) is 18.8 Å². The molecule has 0 saturated heterocycles. The second-order valence-corrected chi connectivity index (χ2v) is 7.88. The molecule has 0 aliphatic carbocycles. The van der Waals surface area contributed by atoms with Gasteiger partial charge in [-0.3, -0.25) is 4.79 Å². The number of ether oxygens (including phenoxy) is 1. The highest BCUT2D eigenvalue weighted by atomic mass is 32.2. The number of rotatable bonds is 8. The fourth-order valence-corrected chi connectivity index (χ4v) is 3.77. The number of carbonyl (C=O) groups excluding carboxylic acids is 1. The van der Waals surface area contributed by atoms with Crippen molar-refractivity contribution in [3.63, 3.8) is 0 Å². The molecule has 2 heterocycles. The van der Waals surface area contributed by atoms with Crippen LogP contribution >= 0.6 is 23.1 Å². The second kappa shape index (κ2) is 9.30. The zero-order valence-corrected chi connectivity index (χ0v) is 15.8. The molecule has 0 aliphatic rings. The lowest BCUT2D eigenvalue weighted by molar-refractivity contribution is -0.120. The zero-order valence-electron chi connectivity index (χ0n) is 14.2. The quantitative estimate of drug-likeness (QED) is 0.599. The van der Waals surface area contributed by atoms with Crippen molar-refractivity contribution in [3.8, 4) is 5.88 Å². The van der Waals surface area contributed by atoms with Crippen LogP contribution in [-0.4, -0.2) is 26.3 Å². The number of hydrogen-bond acceptors (Lipinski definition) is 7. The number of amides is 1. The zero-order chi connectivity index (χ0) is 18.2. The van der Waals surface area contributed by atoms with Crippen LogP contribution in [0.1, 0.15) is 18.1 Å². The van der Waals surface area contributed by atoms with Gasteiger partial charge in [0.1, 0.15) is 12.1 Å². The summed E-state index contributed by atoms with van der Waals surface area (Å²) in [5.41, 5.74) is 3.67. The Bertz CT molecular complexity index is 828. The van der Waals surface area contributed by atoms with Gasteiger partial charge in [-0.25, -0.2) is 4.98 Å². The minimum absolute atomic E-state index is 0.0474. The highest BCUT2D eigenvalue weighted by Crippen LogP contribution is 2.24. The molecule has 0 radical (unpaired) electrons. The van der Waals surface area contributed by atoms with E-state index in [4.69, 9.17) is 4.74 Å². The Morgan fingerprint density at radius 3 is 2.88 bits per heavy atom. The summed E-state index contributed by atoms with van der Waals surface area (Å²) >= 11 is 2.82. The van der Waals surface area contributed by atoms with Crippen LogP contribution in [0.4, 0.5) is 0 Å². The summed E-state index contributed by atoms with van der Waals surface area (Å²) < 4.78 is 6.50. The van der Waals surface area contributed by atoms with Crippen molar-refractivity contribution in [1.29, 1.82) is 0 Å². The first-order valence-corrected chi connectivity index (χ1v) is 9.79. The first kappa shape index (κ1) is 18.3. The minimum Gasteiger partial charge on any atom is -0.473 e. The molecular weight excluding hydrogens is 368 g/mol. The van der Waals surface area contributed by atoms with Crippen LogP contribution in [0.15, 0.2) is 58.5 Å². The predicted molar refractivity (Wildman–Crippen MR) is 102 cm³/mol. The molecular formula is C18H18N4O2S2. The van der Waals surface area contributed by atoms with Gasteiger partial charge >= 0.3 is 0 Å². The van der Waals surface area contributed by atoms with Gasteiger partial charge in [-0.2, -0.15) is 0 Å². The maximum Gasteiger partial charge on any atom is 0.233 e. The lowest BCUT2D eigenvalue weighted by Gasteiger charge is -2.11. The fraction of sp³-hybridized carbons (Fsp3) is 0.222. The molecule has 3 rings (SSSR count). The molecule has 6 nitrogen and oxygen atoms in total. The van der Waals surface area contributed by atoms with Crippen LogP contribution < -0.4 is 10.1 Å². The monoisotopic (exact) mass is 386 g/mol. The molecule has 0 aliphatic heterocycles. The summed E-state index contributed by atoms with van der Waals surface area (Å²) in [4.78, 5) is 16.4. The van der Waals surface area contributed by atoms with E-state index in [1.54, 1.807) is 11.7 Å². The van der Waals surface area contributed by atoms with E-state index in [2.05, 4.69) is 20.5 Å². The van der Waals surface area contributed by atoms with Crippen LogP contribution in [0.3, 0.4) is 0 Å². The number of benzene rings is 1. The van der Waals surface area contributed by atoms with Crippen LogP contribution in [0.5, 0.6) is 5.88 Å². The third-order valence-electron chi connectivity index (χ3n) is 3.48. The molecule has 0 bridgehead atoms. The molecule has 1 amide bonds. The largest absolute Gasteiger partial charge is 0.473 e. The molecule has 26 heavy (non-hydrogen) atoms. The Kier molecular flexibility index (Phi) is 6.56. The highest BCUT2D eigenvalue weighted by Gasteiger charge is 2.15. The number of aromatic nitrogens is 3. The summed E-state index contributed by atoms with van der Waals surface area (Å²) in [6, 6.07) is 13.6. The third kappa shape index (κ3) is 5.53. The van der Waals surface area contributed by atoms with Gasteiger partial charge in [0.05, 0.1) is 5.25 Å². The molecule has 0 unspecified atom stereocenters. The Balaban J connectivity index is 1.49. The molecule has 134 valence electrons. The lowest BCUT2D eigenvalue weighted by atomic mass is 10.2. The average Bonchev–Trinajstić information content (AvgIpc) is 3.18. The second-order valence-electron chi connectivity index (χ2n) is 5.46. The van der Waals surface area contributed by atoms with Crippen LogP contribution in [0.25, 0.3) is 0 Å². The van der Waals surface area contributed by atoms with E-state index in [0.717, 1.165) is 15.5 Å². The lowest BCUT2D eigenvalue weighted by Crippen LogP contribution is -2.30. The Hall–Kier alpha value is -2.45. The van der Waals surface area contributed by atoms with E-state index in [0.29, 0.717) is 19.0 Å². The van der Waals surface area contributed by atoms with Gasteiger partial charge in [0.25, 0.3) is 0 Å². The van der Waals surface area contributed by atoms with Crippen molar-refractivity contribution in [2.24, 2.45) is 0 Å². The number of thioether (sulfide) groups is 1. The molecule has 0 fully saturated rings. The first-order chi connectivity index (χ1) is 12.7. The highest BCUT2D eigenvalue weighted by molar-refractivity contribution is 8.02. The van der Waals surface area contributed by atoms with Crippen molar-refractivity contribution in [3.05, 3.63) is 65.3 Å². The van der Waals surface area contributed by atoms with E-state index < -0.39 is 0 Å². The summed E-state index contributed by atoms with van der Waals surface area (Å²) in [5, 5.41) is 10.4. The number of pyridine rings is 1. The number of hydrogen-bond donors (Lipinski definition) is 1. The Labute approximate surface area is 160 Å². The van der Waals surface area contributed by atoms with Crippen LogP contribution in [0, 0.1) is 0 Å². The molecule has 1 aromatic carbocycles. The molecule has 2 aromatic heterocycles. The Morgan fingerprint density at radius 1 is 1.27 bits per heavy atom. The maximum atomic E-state index is 12.2. The molecule has 0 saturated carbocycles. The Morgan fingerprint density at radius 2 is 2.12 bits per heavy atom. The molecule has 8 heteroatoms. The normalized spacial score (nSPS) is 11.7. The van der Waals surface area contributed by atoms with Crippen molar-refractivity contribution >= 4 is 29.0 Å². The minimum atomic E-state index is -0.237. The maximum absolute atomic E-state index is 12.2. The van der Waals surface area contributed by atoms with Gasteiger partial charge in [-0.15, -0.1) is 10.2 Å². The summed E-state index contributed by atoms with van der Waals surface area (Å²) in [5.74, 6) is 0.491. The van der Waals surface area contributed by atoms with Crippen molar-refractivity contribution < 1.29 is 9.53 Å². The molecule has 0 spiro atoms. The summed E-state index contributed by atoms with van der Waals surface area (Å²) in [6.07, 6.45) is 1.68. The van der Waals surface area contributed by atoms with Gasteiger partial charge in [-0.05, 0) is 24.1 Å². The molecule has 1 N–H and O–H groups in total. The van der Waals surface area contributed by atoms with Gasteiger partial charge in [0.15, 0.2) is 4.34 Å². The van der Waals surface area contributed by atoms with E-state index in [1.807, 2.05) is 49.4 Å². The van der Waals surface area contributed by atoms with Crippen molar-refractivity contribution in [2.75, 3.05) is 0 Å². The topological polar surface area (TPSA) is 77.0 Å². The predicted octanol–water partition coefficient (Wildman–Crippen LogP) is 3.31. The summed E-state index contributed by atoms with van der Waals surface area (Å²) in [6.45, 7) is 2.73. The smallest absolute Gasteiger partial charge is 0.233 e. The van der Waals surface area contributed by atoms with Crippen LogP contribution in [-0.2, 0) is 17.9 Å². The van der Waals surface area contributed by atoms with Crippen molar-refractivity contribution in [1.82, 2.24) is 20.5 Å². The number of carbonyl (C=O) groups is 1. The van der Waals surface area contributed by atoms with Crippen LogP contribution in [0.2, 0.25) is 0 Å². The molecule has 1 atom stereocenters. The summed E-state index contributed by atoms with van der Waals surface area (Å²) in [7, 11) is 0.